The fourth-order valence-corrected chi connectivity index (χ4v) is 3.68. The second-order valence-electron chi connectivity index (χ2n) is 7.07. The molecule has 11 heteroatoms. The number of hydrogen-bond acceptors (Lipinski definition) is 6. The molecule has 1 fully saturated rings. The van der Waals surface area contributed by atoms with Crippen molar-refractivity contribution < 1.29 is 27.5 Å². The second-order valence-corrected chi connectivity index (χ2v) is 9.05. The minimum atomic E-state index is -3.64. The average molecular weight is 426 g/mol. The van der Waals surface area contributed by atoms with Crippen molar-refractivity contribution in [2.24, 2.45) is 0 Å². The Labute approximate surface area is 170 Å². The summed E-state index contributed by atoms with van der Waals surface area (Å²) in [6.45, 7) is 0.933. The van der Waals surface area contributed by atoms with Crippen LogP contribution in [0.2, 0.25) is 0 Å². The summed E-state index contributed by atoms with van der Waals surface area (Å²) in [6, 6.07) is 7.16. The van der Waals surface area contributed by atoms with Gasteiger partial charge in [-0.15, -0.1) is 0 Å². The number of nitrogens with one attached hydrogen (secondary N) is 2. The van der Waals surface area contributed by atoms with E-state index in [1.807, 2.05) is 0 Å². The summed E-state index contributed by atoms with van der Waals surface area (Å²) < 4.78 is 29.7. The van der Waals surface area contributed by atoms with Crippen molar-refractivity contribution in [3.05, 3.63) is 29.8 Å². The average Bonchev–Trinajstić information content (AvgIpc) is 2.67. The summed E-state index contributed by atoms with van der Waals surface area (Å²) in [5.74, 6) is -0.818. The second kappa shape index (κ2) is 8.78. The van der Waals surface area contributed by atoms with Crippen molar-refractivity contribution in [3.63, 3.8) is 0 Å². The van der Waals surface area contributed by atoms with Gasteiger partial charge in [0.2, 0.25) is 27.7 Å². The van der Waals surface area contributed by atoms with Gasteiger partial charge in [0.25, 0.3) is 0 Å². The summed E-state index contributed by atoms with van der Waals surface area (Å²) in [5, 5.41) is 5.16. The Morgan fingerprint density at radius 1 is 1.21 bits per heavy atom. The fourth-order valence-electron chi connectivity index (χ4n) is 2.85. The molecule has 1 aromatic rings. The number of carbonyl (C=O) groups excluding carboxylic acids is 3. The summed E-state index contributed by atoms with van der Waals surface area (Å²) in [4.78, 5) is 38.1. The van der Waals surface area contributed by atoms with E-state index >= 15 is 0 Å². The maximum Gasteiger partial charge on any atom is 0.247 e. The van der Waals surface area contributed by atoms with Gasteiger partial charge in [0.15, 0.2) is 0 Å². The molecule has 2 rings (SSSR count). The number of methoxy groups -OCH3 is 1. The van der Waals surface area contributed by atoms with Crippen molar-refractivity contribution in [3.8, 4) is 5.75 Å². The summed E-state index contributed by atoms with van der Waals surface area (Å²) in [5.41, 5.74) is -0.562. The van der Waals surface area contributed by atoms with Crippen molar-refractivity contribution in [1.29, 1.82) is 0 Å². The van der Waals surface area contributed by atoms with Gasteiger partial charge in [-0.05, 0) is 24.6 Å². The van der Waals surface area contributed by atoms with Crippen LogP contribution in [0.5, 0.6) is 5.75 Å². The van der Waals surface area contributed by atoms with Crippen molar-refractivity contribution in [1.82, 2.24) is 19.8 Å². The largest absolute Gasteiger partial charge is 0.497 e. The third kappa shape index (κ3) is 5.45. The number of nitrogens with zero attached hydrogens (tertiary/aromatic N) is 2. The van der Waals surface area contributed by atoms with Crippen LogP contribution < -0.4 is 15.4 Å². The highest BCUT2D eigenvalue weighted by molar-refractivity contribution is 7.88. The molecule has 160 valence electrons. The van der Waals surface area contributed by atoms with Crippen LogP contribution in [-0.4, -0.2) is 80.9 Å². The minimum Gasteiger partial charge on any atom is -0.497 e. The molecule has 0 radical (unpaired) electrons. The number of hydrogen-bond donors (Lipinski definition) is 2. The molecule has 1 atom stereocenters. The van der Waals surface area contributed by atoms with E-state index in [0.29, 0.717) is 5.75 Å². The van der Waals surface area contributed by atoms with Crippen LogP contribution in [0.1, 0.15) is 12.5 Å². The zero-order valence-corrected chi connectivity index (χ0v) is 17.7. The Morgan fingerprint density at radius 2 is 1.83 bits per heavy atom. The third-order valence-corrected chi connectivity index (χ3v) is 6.12. The molecule has 1 aromatic carbocycles. The number of amides is 3. The number of carbonyl (C=O) groups is 3. The van der Waals surface area contributed by atoms with E-state index < -0.39 is 33.3 Å². The van der Waals surface area contributed by atoms with Crippen LogP contribution in [-0.2, 0) is 31.0 Å². The van der Waals surface area contributed by atoms with Crippen LogP contribution in [0, 0.1) is 0 Å². The van der Waals surface area contributed by atoms with Crippen LogP contribution >= 0.6 is 0 Å². The normalized spacial score (nSPS) is 20.3. The lowest BCUT2D eigenvalue weighted by molar-refractivity contribution is -0.150. The summed E-state index contributed by atoms with van der Waals surface area (Å²) >= 11 is 0. The maximum absolute atomic E-state index is 12.7. The lowest BCUT2D eigenvalue weighted by Crippen LogP contribution is -2.68. The first-order valence-corrected chi connectivity index (χ1v) is 10.7. The van der Waals surface area contributed by atoms with E-state index in [1.54, 1.807) is 31.4 Å². The van der Waals surface area contributed by atoms with Crippen LogP contribution in [0.3, 0.4) is 0 Å². The molecule has 10 nitrogen and oxygen atoms in total. The first-order chi connectivity index (χ1) is 13.5. The van der Waals surface area contributed by atoms with E-state index in [9.17, 15) is 22.8 Å². The number of piperazine rings is 1. The zero-order valence-electron chi connectivity index (χ0n) is 16.9. The molecule has 1 aliphatic heterocycles. The Balaban J connectivity index is 1.93. The predicted octanol–water partition coefficient (Wildman–Crippen LogP) is -1.08. The third-order valence-electron chi connectivity index (χ3n) is 4.93. The minimum absolute atomic E-state index is 0.187. The molecule has 0 spiro atoms. The number of ether oxygens (including phenoxy) is 1. The van der Waals surface area contributed by atoms with E-state index in [4.69, 9.17) is 4.74 Å². The first kappa shape index (κ1) is 22.6. The molecule has 0 aliphatic carbocycles. The summed E-state index contributed by atoms with van der Waals surface area (Å²) in [7, 11) is -0.647. The first-order valence-electron chi connectivity index (χ1n) is 8.87. The molecule has 3 amide bonds. The highest BCUT2D eigenvalue weighted by Crippen LogP contribution is 2.22. The number of rotatable bonds is 7. The summed E-state index contributed by atoms with van der Waals surface area (Å²) in [6.07, 6.45) is 0.983. The molecule has 0 bridgehead atoms. The van der Waals surface area contributed by atoms with E-state index in [2.05, 4.69) is 10.6 Å². The zero-order chi connectivity index (χ0) is 21.8. The molecule has 1 saturated heterocycles. The monoisotopic (exact) mass is 426 g/mol. The van der Waals surface area contributed by atoms with Gasteiger partial charge in [0, 0.05) is 20.1 Å². The van der Waals surface area contributed by atoms with Crippen molar-refractivity contribution in [2.75, 3.05) is 40.0 Å². The lowest BCUT2D eigenvalue weighted by Gasteiger charge is -2.44. The van der Waals surface area contributed by atoms with Gasteiger partial charge in [-0.3, -0.25) is 14.4 Å². The molecular weight excluding hydrogens is 400 g/mol. The van der Waals surface area contributed by atoms with Crippen molar-refractivity contribution in [2.45, 2.75) is 19.0 Å². The van der Waals surface area contributed by atoms with Gasteiger partial charge >= 0.3 is 0 Å². The number of likely N-dealkylation sites (N-methyl/N-ethyl adjacent to an activating group) is 1. The highest BCUT2D eigenvalue weighted by Gasteiger charge is 2.47. The number of benzene rings is 1. The van der Waals surface area contributed by atoms with Gasteiger partial charge in [-0.1, -0.05) is 12.1 Å². The van der Waals surface area contributed by atoms with Gasteiger partial charge in [-0.2, -0.15) is 4.31 Å². The SMILES string of the molecule is COc1ccc(CNC(=O)CNC(=O)[C@]2(C)CN(S(C)(=O)=O)CC(=O)N2C)cc1. The molecule has 0 saturated carbocycles. The van der Waals surface area contributed by atoms with E-state index in [-0.39, 0.29) is 26.2 Å². The molecule has 29 heavy (non-hydrogen) atoms. The topological polar surface area (TPSA) is 125 Å². The quantitative estimate of drug-likeness (QED) is 0.571. The Bertz CT molecular complexity index is 886. The van der Waals surface area contributed by atoms with E-state index in [1.165, 1.54) is 18.9 Å². The Kier molecular flexibility index (Phi) is 6.85. The Morgan fingerprint density at radius 3 is 2.38 bits per heavy atom. The smallest absolute Gasteiger partial charge is 0.247 e. The van der Waals surface area contributed by atoms with Crippen LogP contribution in [0.25, 0.3) is 0 Å². The standard InChI is InChI=1S/C18H26N4O6S/c1-18(12-22(29(4,26)27)11-16(24)21(18)2)17(25)20-10-15(23)19-9-13-5-7-14(28-3)8-6-13/h5-8H,9-12H2,1-4H3,(H,19,23)(H,20,25)/t18-/m0/s1. The van der Waals surface area contributed by atoms with Crippen LogP contribution in [0.4, 0.5) is 0 Å². The van der Waals surface area contributed by atoms with Gasteiger partial charge < -0.3 is 20.3 Å². The lowest BCUT2D eigenvalue weighted by atomic mass is 9.96. The molecule has 0 unspecified atom stereocenters. The van der Waals surface area contributed by atoms with Gasteiger partial charge in [-0.25, -0.2) is 8.42 Å². The maximum atomic E-state index is 12.7. The van der Waals surface area contributed by atoms with Crippen LogP contribution in [0.15, 0.2) is 24.3 Å². The number of sulfonamides is 1. The Hall–Kier alpha value is -2.66. The molecule has 0 aromatic heterocycles. The van der Waals surface area contributed by atoms with Crippen molar-refractivity contribution >= 4 is 27.7 Å². The molecule has 1 aliphatic rings. The van der Waals surface area contributed by atoms with Gasteiger partial charge in [0.1, 0.15) is 11.3 Å². The van der Waals surface area contributed by atoms with E-state index in [0.717, 1.165) is 16.1 Å². The fraction of sp³-hybridized carbons (Fsp3) is 0.500. The highest BCUT2D eigenvalue weighted by atomic mass is 32.2. The molecule has 2 N–H and O–H groups in total. The van der Waals surface area contributed by atoms with Gasteiger partial charge in [0.05, 0.1) is 26.5 Å². The molecule has 1 heterocycles. The molecular formula is C18H26N4O6S. The predicted molar refractivity (Wildman–Crippen MR) is 105 cm³/mol.